The van der Waals surface area contributed by atoms with Gasteiger partial charge in [-0.1, -0.05) is 0 Å². The normalized spacial score (nSPS) is 16.6. The van der Waals surface area contributed by atoms with Crippen molar-refractivity contribution in [1.29, 1.82) is 0 Å². The van der Waals surface area contributed by atoms with Crippen molar-refractivity contribution in [2.45, 2.75) is 38.4 Å². The molecule has 2 N–H and O–H groups in total. The van der Waals surface area contributed by atoms with Crippen LogP contribution in [-0.4, -0.2) is 37.8 Å². The second kappa shape index (κ2) is 8.47. The first kappa shape index (κ1) is 19.7. The molecule has 0 atom stereocenters. The van der Waals surface area contributed by atoms with Crippen LogP contribution in [0.1, 0.15) is 26.7 Å². The second-order valence-electron chi connectivity index (χ2n) is 5.71. The summed E-state index contributed by atoms with van der Waals surface area (Å²) >= 11 is 0. The summed E-state index contributed by atoms with van der Waals surface area (Å²) in [6.45, 7) is 5.13. The van der Waals surface area contributed by atoms with Crippen LogP contribution < -0.4 is 15.4 Å². The first-order chi connectivity index (χ1) is 10.5. The van der Waals surface area contributed by atoms with E-state index in [2.05, 4.69) is 10.6 Å². The molecule has 1 amide bonds. The Hall–Kier alpha value is -1.37. The molecule has 0 saturated carbocycles. The minimum Gasteiger partial charge on any atom is -0.491 e. The van der Waals surface area contributed by atoms with Crippen LogP contribution >= 0.6 is 12.4 Å². The summed E-state index contributed by atoms with van der Waals surface area (Å²) < 4.78 is 25.0. The minimum absolute atomic E-state index is 0. The number of piperidine rings is 1. The molecule has 0 bridgehead atoms. The lowest BCUT2D eigenvalue weighted by Gasteiger charge is -2.34. The van der Waals surface area contributed by atoms with E-state index in [1.165, 1.54) is 19.2 Å². The number of methoxy groups -OCH3 is 1. The first-order valence-electron chi connectivity index (χ1n) is 7.50. The molecular weight excluding hydrogens is 323 g/mol. The van der Waals surface area contributed by atoms with Crippen molar-refractivity contribution in [2.75, 3.05) is 25.5 Å². The predicted octanol–water partition coefficient (Wildman–Crippen LogP) is 2.74. The number of halogens is 2. The van der Waals surface area contributed by atoms with Gasteiger partial charge in [0.05, 0.1) is 11.8 Å². The van der Waals surface area contributed by atoms with Gasteiger partial charge in [-0.25, -0.2) is 4.39 Å². The number of rotatable bonds is 5. The Morgan fingerprint density at radius 3 is 2.52 bits per heavy atom. The SMILES string of the molecule is COC1(C(=O)Nc2ccc(OC(C)C)cc2F)CCNCC1.Cl. The maximum absolute atomic E-state index is 14.1. The van der Waals surface area contributed by atoms with Crippen LogP contribution in [0.2, 0.25) is 0 Å². The molecule has 1 saturated heterocycles. The molecule has 1 fully saturated rings. The zero-order valence-corrected chi connectivity index (χ0v) is 14.5. The average Bonchev–Trinajstić information content (AvgIpc) is 2.50. The summed E-state index contributed by atoms with van der Waals surface area (Å²) in [5.41, 5.74) is -0.763. The lowest BCUT2D eigenvalue weighted by molar-refractivity contribution is -0.140. The molecule has 0 spiro atoms. The Morgan fingerprint density at radius 1 is 1.35 bits per heavy atom. The number of nitrogens with one attached hydrogen (secondary N) is 2. The van der Waals surface area contributed by atoms with Gasteiger partial charge in [0.1, 0.15) is 17.2 Å². The number of anilines is 1. The van der Waals surface area contributed by atoms with Crippen molar-refractivity contribution in [3.05, 3.63) is 24.0 Å². The van der Waals surface area contributed by atoms with Crippen LogP contribution in [0.25, 0.3) is 0 Å². The molecule has 0 radical (unpaired) electrons. The summed E-state index contributed by atoms with van der Waals surface area (Å²) in [4.78, 5) is 12.5. The monoisotopic (exact) mass is 346 g/mol. The minimum atomic E-state index is -0.898. The molecule has 0 unspecified atom stereocenters. The smallest absolute Gasteiger partial charge is 0.256 e. The van der Waals surface area contributed by atoms with E-state index in [4.69, 9.17) is 9.47 Å². The Morgan fingerprint density at radius 2 is 2.00 bits per heavy atom. The van der Waals surface area contributed by atoms with Gasteiger partial charge in [-0.05, 0) is 51.9 Å². The number of hydrogen-bond donors (Lipinski definition) is 2. The molecule has 130 valence electrons. The van der Waals surface area contributed by atoms with Crippen LogP contribution in [0, 0.1) is 5.82 Å². The van der Waals surface area contributed by atoms with Crippen molar-refractivity contribution < 1.29 is 18.7 Å². The molecule has 1 heterocycles. The van der Waals surface area contributed by atoms with E-state index in [9.17, 15) is 9.18 Å². The highest BCUT2D eigenvalue weighted by Crippen LogP contribution is 2.27. The van der Waals surface area contributed by atoms with E-state index in [-0.39, 0.29) is 30.1 Å². The van der Waals surface area contributed by atoms with Crippen molar-refractivity contribution in [1.82, 2.24) is 5.32 Å². The van der Waals surface area contributed by atoms with Gasteiger partial charge >= 0.3 is 0 Å². The fourth-order valence-electron chi connectivity index (χ4n) is 2.53. The molecule has 0 aliphatic carbocycles. The van der Waals surface area contributed by atoms with Crippen molar-refractivity contribution in [3.63, 3.8) is 0 Å². The van der Waals surface area contributed by atoms with Gasteiger partial charge in [-0.15, -0.1) is 12.4 Å². The number of amides is 1. The Balaban J connectivity index is 0.00000264. The number of benzene rings is 1. The molecule has 7 heteroatoms. The highest BCUT2D eigenvalue weighted by atomic mass is 35.5. The molecule has 23 heavy (non-hydrogen) atoms. The maximum atomic E-state index is 14.1. The lowest BCUT2D eigenvalue weighted by atomic mass is 9.91. The summed E-state index contributed by atoms with van der Waals surface area (Å²) in [7, 11) is 1.51. The van der Waals surface area contributed by atoms with Crippen molar-refractivity contribution in [3.8, 4) is 5.75 Å². The van der Waals surface area contributed by atoms with Crippen LogP contribution in [0.3, 0.4) is 0 Å². The molecule has 1 aliphatic rings. The largest absolute Gasteiger partial charge is 0.491 e. The third kappa shape index (κ3) is 4.80. The summed E-state index contributed by atoms with van der Waals surface area (Å²) in [6, 6.07) is 4.42. The standard InChI is InChI=1S/C16H23FN2O3.ClH/c1-11(2)22-12-4-5-14(13(17)10-12)19-15(20)16(21-3)6-8-18-9-7-16;/h4-5,10-11,18H,6-9H2,1-3H3,(H,19,20);1H. The lowest BCUT2D eigenvalue weighted by Crippen LogP contribution is -2.51. The molecule has 5 nitrogen and oxygen atoms in total. The van der Waals surface area contributed by atoms with Crippen LogP contribution in [0.5, 0.6) is 5.75 Å². The molecule has 1 aliphatic heterocycles. The van der Waals surface area contributed by atoms with Gasteiger partial charge < -0.3 is 20.1 Å². The van der Waals surface area contributed by atoms with Crippen LogP contribution in [0.4, 0.5) is 10.1 Å². The molecular formula is C16H24ClFN2O3. The van der Waals surface area contributed by atoms with E-state index in [0.29, 0.717) is 31.7 Å². The molecule has 0 aromatic heterocycles. The van der Waals surface area contributed by atoms with Gasteiger partial charge in [0.2, 0.25) is 0 Å². The van der Waals surface area contributed by atoms with Gasteiger partial charge in [0, 0.05) is 13.2 Å². The average molecular weight is 347 g/mol. The summed E-state index contributed by atoms with van der Waals surface area (Å²) in [5.74, 6) is -0.395. The summed E-state index contributed by atoms with van der Waals surface area (Å²) in [6.07, 6.45) is 1.09. The fourth-order valence-corrected chi connectivity index (χ4v) is 2.53. The van der Waals surface area contributed by atoms with Gasteiger partial charge in [0.25, 0.3) is 5.91 Å². The second-order valence-corrected chi connectivity index (χ2v) is 5.71. The number of ether oxygens (including phenoxy) is 2. The number of hydrogen-bond acceptors (Lipinski definition) is 4. The number of carbonyl (C=O) groups is 1. The van der Waals surface area contributed by atoms with E-state index in [1.54, 1.807) is 6.07 Å². The van der Waals surface area contributed by atoms with Gasteiger partial charge in [-0.3, -0.25) is 4.79 Å². The topological polar surface area (TPSA) is 59.6 Å². The number of carbonyl (C=O) groups excluding carboxylic acids is 1. The Bertz CT molecular complexity index is 534. The quantitative estimate of drug-likeness (QED) is 0.860. The third-order valence-electron chi connectivity index (χ3n) is 3.78. The molecule has 2 rings (SSSR count). The molecule has 1 aromatic rings. The van der Waals surface area contributed by atoms with E-state index in [1.807, 2.05) is 13.8 Å². The van der Waals surface area contributed by atoms with Crippen molar-refractivity contribution >= 4 is 24.0 Å². The first-order valence-corrected chi connectivity index (χ1v) is 7.50. The van der Waals surface area contributed by atoms with E-state index < -0.39 is 11.4 Å². The fraction of sp³-hybridized carbons (Fsp3) is 0.562. The summed E-state index contributed by atoms with van der Waals surface area (Å²) in [5, 5.41) is 5.81. The van der Waals surface area contributed by atoms with Crippen LogP contribution in [-0.2, 0) is 9.53 Å². The van der Waals surface area contributed by atoms with E-state index >= 15 is 0 Å². The molecule has 1 aromatic carbocycles. The van der Waals surface area contributed by atoms with Gasteiger partial charge in [-0.2, -0.15) is 0 Å². The predicted molar refractivity (Wildman–Crippen MR) is 89.9 cm³/mol. The highest BCUT2D eigenvalue weighted by Gasteiger charge is 2.39. The Kier molecular flexibility index (Phi) is 7.25. The zero-order valence-electron chi connectivity index (χ0n) is 13.6. The third-order valence-corrected chi connectivity index (χ3v) is 3.78. The Labute approximate surface area is 142 Å². The van der Waals surface area contributed by atoms with Crippen LogP contribution in [0.15, 0.2) is 18.2 Å². The maximum Gasteiger partial charge on any atom is 0.256 e. The van der Waals surface area contributed by atoms with E-state index in [0.717, 1.165) is 0 Å². The van der Waals surface area contributed by atoms with Crippen molar-refractivity contribution in [2.24, 2.45) is 0 Å². The zero-order chi connectivity index (χ0) is 16.2. The highest BCUT2D eigenvalue weighted by molar-refractivity contribution is 5.97. The van der Waals surface area contributed by atoms with Gasteiger partial charge in [0.15, 0.2) is 0 Å².